The van der Waals surface area contributed by atoms with E-state index in [0.717, 1.165) is 53.9 Å². The fourth-order valence-electron chi connectivity index (χ4n) is 4.39. The Hall–Kier alpha value is -2.48. The average molecular weight is 382 g/mol. The van der Waals surface area contributed by atoms with E-state index in [1.807, 2.05) is 13.3 Å². The Bertz CT molecular complexity index is 945. The van der Waals surface area contributed by atoms with Gasteiger partial charge >= 0.3 is 0 Å². The highest BCUT2D eigenvalue weighted by Crippen LogP contribution is 2.33. The molecule has 28 heavy (non-hydrogen) atoms. The van der Waals surface area contributed by atoms with Crippen LogP contribution in [0.3, 0.4) is 0 Å². The highest BCUT2D eigenvalue weighted by Gasteiger charge is 2.29. The molecule has 2 fully saturated rings. The van der Waals surface area contributed by atoms with Crippen LogP contribution >= 0.6 is 0 Å². The van der Waals surface area contributed by atoms with Gasteiger partial charge in [-0.2, -0.15) is 0 Å². The maximum atomic E-state index is 6.31. The Labute approximate surface area is 163 Å². The number of imidazole rings is 1. The van der Waals surface area contributed by atoms with Crippen LogP contribution in [0.15, 0.2) is 23.4 Å². The quantitative estimate of drug-likeness (QED) is 0.693. The molecule has 1 aliphatic heterocycles. The fourth-order valence-corrected chi connectivity index (χ4v) is 4.39. The summed E-state index contributed by atoms with van der Waals surface area (Å²) in [6, 6.07) is 0.496. The van der Waals surface area contributed by atoms with Crippen LogP contribution < -0.4 is 5.32 Å². The lowest BCUT2D eigenvalue weighted by Gasteiger charge is -2.16. The summed E-state index contributed by atoms with van der Waals surface area (Å²) in [6.07, 6.45) is 14.1. The zero-order valence-electron chi connectivity index (χ0n) is 16.2. The summed E-state index contributed by atoms with van der Waals surface area (Å²) >= 11 is 0. The topological polar surface area (TPSA) is 90.9 Å². The molecule has 0 unspecified atom stereocenters. The number of hydrogen-bond donors (Lipinski definition) is 1. The molecule has 8 nitrogen and oxygen atoms in total. The first-order valence-corrected chi connectivity index (χ1v) is 10.3. The van der Waals surface area contributed by atoms with Crippen LogP contribution in [0.2, 0.25) is 0 Å². The SMILES string of the molecule is Cc1conc1CC[C@@H]1CC[C@H](n2cnc3c(NC4CCCC4)ncnc32)O1. The Morgan fingerprint density at radius 3 is 2.86 bits per heavy atom. The normalized spacial score (nSPS) is 23.0. The number of nitrogens with zero attached hydrogens (tertiary/aromatic N) is 5. The summed E-state index contributed by atoms with van der Waals surface area (Å²) in [5.74, 6) is 0.840. The van der Waals surface area contributed by atoms with Crippen molar-refractivity contribution >= 4 is 17.0 Å². The molecule has 0 radical (unpaired) electrons. The van der Waals surface area contributed by atoms with E-state index in [-0.39, 0.29) is 12.3 Å². The molecule has 0 bridgehead atoms. The van der Waals surface area contributed by atoms with Crippen molar-refractivity contribution in [3.8, 4) is 0 Å². The van der Waals surface area contributed by atoms with Gasteiger partial charge in [-0.05, 0) is 45.4 Å². The third kappa shape index (κ3) is 3.37. The number of fused-ring (bicyclic) bond motifs is 1. The summed E-state index contributed by atoms with van der Waals surface area (Å²) in [5, 5.41) is 7.62. The van der Waals surface area contributed by atoms with Crippen molar-refractivity contribution in [1.82, 2.24) is 24.7 Å². The minimum atomic E-state index is -0.0253. The van der Waals surface area contributed by atoms with Crippen molar-refractivity contribution in [1.29, 1.82) is 0 Å². The number of anilines is 1. The Morgan fingerprint density at radius 1 is 1.14 bits per heavy atom. The summed E-state index contributed by atoms with van der Waals surface area (Å²) < 4.78 is 13.4. The molecule has 5 rings (SSSR count). The third-order valence-electron chi connectivity index (χ3n) is 6.00. The van der Waals surface area contributed by atoms with E-state index in [1.165, 1.54) is 25.7 Å². The van der Waals surface area contributed by atoms with Crippen LogP contribution in [0.5, 0.6) is 0 Å². The van der Waals surface area contributed by atoms with Crippen LogP contribution in [0.4, 0.5) is 5.82 Å². The first kappa shape index (κ1) is 17.6. The summed E-state index contributed by atoms with van der Waals surface area (Å²) in [7, 11) is 0. The maximum absolute atomic E-state index is 6.31. The molecule has 1 aliphatic carbocycles. The Balaban J connectivity index is 1.28. The van der Waals surface area contributed by atoms with E-state index in [0.29, 0.717) is 6.04 Å². The van der Waals surface area contributed by atoms with Crippen LogP contribution in [0.1, 0.15) is 62.4 Å². The van der Waals surface area contributed by atoms with Crippen molar-refractivity contribution in [3.63, 3.8) is 0 Å². The van der Waals surface area contributed by atoms with Gasteiger partial charge in [0.2, 0.25) is 0 Å². The van der Waals surface area contributed by atoms with Crippen LogP contribution in [-0.4, -0.2) is 36.8 Å². The van der Waals surface area contributed by atoms with Gasteiger partial charge in [-0.3, -0.25) is 4.57 Å². The monoisotopic (exact) mass is 382 g/mol. The van der Waals surface area contributed by atoms with Gasteiger partial charge in [0.05, 0.1) is 18.1 Å². The summed E-state index contributed by atoms with van der Waals surface area (Å²) in [5.41, 5.74) is 3.80. The van der Waals surface area contributed by atoms with Gasteiger partial charge in [0.1, 0.15) is 18.8 Å². The van der Waals surface area contributed by atoms with Crippen LogP contribution in [0, 0.1) is 6.92 Å². The molecule has 1 saturated heterocycles. The number of rotatable bonds is 6. The van der Waals surface area contributed by atoms with Crippen molar-refractivity contribution in [2.75, 3.05) is 5.32 Å². The molecule has 4 heterocycles. The minimum absolute atomic E-state index is 0.0253. The highest BCUT2D eigenvalue weighted by atomic mass is 16.5. The molecule has 8 heteroatoms. The van der Waals surface area contributed by atoms with Gasteiger partial charge in [0.25, 0.3) is 0 Å². The number of ether oxygens (including phenoxy) is 1. The lowest BCUT2D eigenvalue weighted by Crippen LogP contribution is -2.16. The molecule has 2 atom stereocenters. The van der Waals surface area contributed by atoms with Gasteiger partial charge < -0.3 is 14.6 Å². The van der Waals surface area contributed by atoms with E-state index in [9.17, 15) is 0 Å². The Kier molecular flexibility index (Phi) is 4.72. The van der Waals surface area contributed by atoms with Gasteiger partial charge in [0.15, 0.2) is 17.0 Å². The molecule has 1 N–H and O–H groups in total. The van der Waals surface area contributed by atoms with Crippen molar-refractivity contribution in [3.05, 3.63) is 30.2 Å². The Morgan fingerprint density at radius 2 is 2.04 bits per heavy atom. The van der Waals surface area contributed by atoms with Gasteiger partial charge in [-0.15, -0.1) is 0 Å². The minimum Gasteiger partial charge on any atom is -0.365 e. The molecular formula is C20H26N6O2. The lowest BCUT2D eigenvalue weighted by molar-refractivity contribution is 0.000716. The molecule has 0 aromatic carbocycles. The zero-order chi connectivity index (χ0) is 18.9. The van der Waals surface area contributed by atoms with Crippen LogP contribution in [-0.2, 0) is 11.2 Å². The highest BCUT2D eigenvalue weighted by molar-refractivity contribution is 5.82. The fraction of sp³-hybridized carbons (Fsp3) is 0.600. The number of aromatic nitrogens is 5. The molecule has 1 saturated carbocycles. The second-order valence-electron chi connectivity index (χ2n) is 7.95. The lowest BCUT2D eigenvalue weighted by atomic mass is 10.1. The van der Waals surface area contributed by atoms with E-state index in [2.05, 4.69) is 30.0 Å². The zero-order valence-corrected chi connectivity index (χ0v) is 16.2. The predicted octanol–water partition coefficient (Wildman–Crippen LogP) is 3.79. The van der Waals surface area contributed by atoms with E-state index < -0.39 is 0 Å². The molecule has 3 aromatic heterocycles. The largest absolute Gasteiger partial charge is 0.365 e. The number of nitrogens with one attached hydrogen (secondary N) is 1. The van der Waals surface area contributed by atoms with E-state index >= 15 is 0 Å². The van der Waals surface area contributed by atoms with E-state index in [1.54, 1.807) is 12.6 Å². The molecule has 2 aliphatic rings. The molecule has 3 aromatic rings. The van der Waals surface area contributed by atoms with Gasteiger partial charge in [-0.1, -0.05) is 18.0 Å². The number of hydrogen-bond acceptors (Lipinski definition) is 7. The second-order valence-corrected chi connectivity index (χ2v) is 7.95. The summed E-state index contributed by atoms with van der Waals surface area (Å²) in [4.78, 5) is 13.5. The number of aryl methyl sites for hydroxylation is 2. The third-order valence-corrected chi connectivity index (χ3v) is 6.00. The van der Waals surface area contributed by atoms with Crippen molar-refractivity contribution < 1.29 is 9.26 Å². The molecule has 148 valence electrons. The van der Waals surface area contributed by atoms with Gasteiger partial charge in [0, 0.05) is 11.6 Å². The second kappa shape index (κ2) is 7.50. The predicted molar refractivity (Wildman–Crippen MR) is 104 cm³/mol. The van der Waals surface area contributed by atoms with Crippen LogP contribution in [0.25, 0.3) is 11.2 Å². The molecular weight excluding hydrogens is 356 g/mol. The van der Waals surface area contributed by atoms with Gasteiger partial charge in [-0.25, -0.2) is 15.0 Å². The molecule has 0 amide bonds. The molecule has 0 spiro atoms. The first-order chi connectivity index (χ1) is 13.8. The first-order valence-electron chi connectivity index (χ1n) is 10.3. The average Bonchev–Trinajstić information content (AvgIpc) is 3.48. The van der Waals surface area contributed by atoms with E-state index in [4.69, 9.17) is 9.26 Å². The standard InChI is InChI=1S/C20H26N6O2/c1-13-10-27-25-16(13)8-6-15-7-9-17(28-15)26-12-23-18-19(21-11-22-20(18)26)24-14-4-2-3-5-14/h10-12,14-15,17H,2-9H2,1H3,(H,21,22,24)/t15-,17-/m1/s1. The summed E-state index contributed by atoms with van der Waals surface area (Å²) in [6.45, 7) is 2.03. The smallest absolute Gasteiger partial charge is 0.167 e. The van der Waals surface area contributed by atoms with Crippen molar-refractivity contribution in [2.24, 2.45) is 0 Å². The maximum Gasteiger partial charge on any atom is 0.167 e. The van der Waals surface area contributed by atoms with Crippen molar-refractivity contribution in [2.45, 2.75) is 76.7 Å².